The summed E-state index contributed by atoms with van der Waals surface area (Å²) < 4.78 is 25.2. The molecule has 0 bridgehead atoms. The Hall–Kier alpha value is 0.110. The largest absolute Gasteiger partial charge is 0.306 e. The zero-order chi connectivity index (χ0) is 7.24. The number of alkyl halides is 2. The zero-order valence-corrected chi connectivity index (χ0v) is 7.02. The minimum Gasteiger partial charge on any atom is -0.306 e. The predicted molar refractivity (Wildman–Crippen MR) is 41.4 cm³/mol. The van der Waals surface area contributed by atoms with Crippen LogP contribution in [0.1, 0.15) is 25.7 Å². The van der Waals surface area contributed by atoms with E-state index in [2.05, 4.69) is 5.32 Å². The Bertz CT molecular complexity index is 155. The van der Waals surface area contributed by atoms with Crippen molar-refractivity contribution in [3.8, 4) is 0 Å². The first kappa shape index (κ1) is 9.20. The highest BCUT2D eigenvalue weighted by atomic mass is 35.5. The van der Waals surface area contributed by atoms with Gasteiger partial charge in [0.15, 0.2) is 0 Å². The highest BCUT2D eigenvalue weighted by Crippen LogP contribution is 2.56. The number of nitrogens with one attached hydrogen (secondary N) is 1. The van der Waals surface area contributed by atoms with Gasteiger partial charge in [-0.05, 0) is 19.4 Å². The Kier molecular flexibility index (Phi) is 2.14. The Balaban J connectivity index is 0.000000605. The van der Waals surface area contributed by atoms with E-state index in [-0.39, 0.29) is 18.8 Å². The van der Waals surface area contributed by atoms with E-state index < -0.39 is 11.5 Å². The van der Waals surface area contributed by atoms with Crippen LogP contribution in [0.2, 0.25) is 0 Å². The van der Waals surface area contributed by atoms with Gasteiger partial charge >= 0.3 is 0 Å². The van der Waals surface area contributed by atoms with Crippen molar-refractivity contribution >= 4 is 12.4 Å². The number of hydrogen-bond acceptors (Lipinski definition) is 1. The normalized spacial score (nSPS) is 39.8. The molecule has 1 aliphatic carbocycles. The third-order valence-corrected chi connectivity index (χ3v) is 2.59. The van der Waals surface area contributed by atoms with Crippen molar-refractivity contribution in [1.82, 2.24) is 5.32 Å². The Morgan fingerprint density at radius 1 is 1.18 bits per heavy atom. The first-order valence-electron chi connectivity index (χ1n) is 3.79. The van der Waals surface area contributed by atoms with E-state index in [1.165, 1.54) is 0 Å². The van der Waals surface area contributed by atoms with Gasteiger partial charge in [-0.3, -0.25) is 0 Å². The molecule has 11 heavy (non-hydrogen) atoms. The van der Waals surface area contributed by atoms with Crippen molar-refractivity contribution in [1.29, 1.82) is 0 Å². The van der Waals surface area contributed by atoms with E-state index in [9.17, 15) is 8.78 Å². The van der Waals surface area contributed by atoms with Gasteiger partial charge in [0.2, 0.25) is 0 Å². The summed E-state index contributed by atoms with van der Waals surface area (Å²) in [5.74, 6) is -2.40. The SMILES string of the molecule is Cl.FC1(F)CC12CCCCN2. The molecule has 1 saturated carbocycles. The molecule has 2 fully saturated rings. The van der Waals surface area contributed by atoms with Crippen molar-refractivity contribution in [2.24, 2.45) is 0 Å². The molecule has 0 aromatic carbocycles. The third kappa shape index (κ3) is 1.25. The molecule has 0 radical (unpaired) electrons. The highest BCUT2D eigenvalue weighted by Gasteiger charge is 2.70. The Labute approximate surface area is 71.0 Å². The number of piperidine rings is 1. The number of halogens is 3. The highest BCUT2D eigenvalue weighted by molar-refractivity contribution is 5.85. The molecule has 1 saturated heterocycles. The smallest absolute Gasteiger partial charge is 0.268 e. The molecule has 0 amide bonds. The van der Waals surface area contributed by atoms with Crippen LogP contribution in [0.5, 0.6) is 0 Å². The standard InChI is InChI=1S/C7H11F2N.ClH/c8-7(9)5-6(7)3-1-2-4-10-6;/h10H,1-5H2;1H. The molecule has 4 heteroatoms. The molecule has 1 unspecified atom stereocenters. The monoisotopic (exact) mass is 183 g/mol. The van der Waals surface area contributed by atoms with Crippen molar-refractivity contribution < 1.29 is 8.78 Å². The van der Waals surface area contributed by atoms with Gasteiger partial charge in [0.05, 0.1) is 5.54 Å². The maximum Gasteiger partial charge on any atom is 0.268 e. The Morgan fingerprint density at radius 3 is 2.09 bits per heavy atom. The van der Waals surface area contributed by atoms with Gasteiger partial charge in [0, 0.05) is 6.42 Å². The Morgan fingerprint density at radius 2 is 1.82 bits per heavy atom. The molecule has 1 atom stereocenters. The van der Waals surface area contributed by atoms with E-state index in [1.54, 1.807) is 0 Å². The lowest BCUT2D eigenvalue weighted by molar-refractivity contribution is 0.0700. The summed E-state index contributed by atoms with van der Waals surface area (Å²) in [5, 5.41) is 2.91. The molecular weight excluding hydrogens is 172 g/mol. The zero-order valence-electron chi connectivity index (χ0n) is 6.20. The van der Waals surface area contributed by atoms with Crippen LogP contribution in [-0.2, 0) is 0 Å². The van der Waals surface area contributed by atoms with Crippen molar-refractivity contribution in [2.45, 2.75) is 37.1 Å². The van der Waals surface area contributed by atoms with Crippen molar-refractivity contribution in [3.63, 3.8) is 0 Å². The van der Waals surface area contributed by atoms with Gasteiger partial charge < -0.3 is 5.32 Å². The van der Waals surface area contributed by atoms with E-state index in [4.69, 9.17) is 0 Å². The molecule has 1 nitrogen and oxygen atoms in total. The first-order chi connectivity index (χ1) is 4.66. The second-order valence-electron chi connectivity index (χ2n) is 3.35. The minimum absolute atomic E-state index is 0. The summed E-state index contributed by atoms with van der Waals surface area (Å²) in [6.45, 7) is 0.773. The summed E-state index contributed by atoms with van der Waals surface area (Å²) in [7, 11) is 0. The van der Waals surface area contributed by atoms with Gasteiger partial charge in [0.25, 0.3) is 5.92 Å². The van der Waals surface area contributed by atoms with E-state index in [1.807, 2.05) is 0 Å². The maximum absolute atomic E-state index is 12.6. The van der Waals surface area contributed by atoms with E-state index in [0.717, 1.165) is 19.4 Å². The van der Waals surface area contributed by atoms with Crippen LogP contribution in [0.15, 0.2) is 0 Å². The van der Waals surface area contributed by atoms with Crippen LogP contribution >= 0.6 is 12.4 Å². The van der Waals surface area contributed by atoms with Crippen LogP contribution in [0.25, 0.3) is 0 Å². The fraction of sp³-hybridized carbons (Fsp3) is 1.00. The van der Waals surface area contributed by atoms with Gasteiger partial charge in [-0.1, -0.05) is 6.42 Å². The number of rotatable bonds is 0. The minimum atomic E-state index is -2.40. The molecule has 0 aromatic rings. The molecule has 2 rings (SSSR count). The summed E-state index contributed by atoms with van der Waals surface area (Å²) in [5.41, 5.74) is -0.759. The molecule has 1 heterocycles. The van der Waals surface area contributed by atoms with Crippen LogP contribution < -0.4 is 5.32 Å². The molecule has 0 aromatic heterocycles. The van der Waals surface area contributed by atoms with E-state index in [0.29, 0.717) is 6.42 Å². The van der Waals surface area contributed by atoms with Gasteiger partial charge in [0.1, 0.15) is 0 Å². The molecule has 1 spiro atoms. The third-order valence-electron chi connectivity index (χ3n) is 2.59. The summed E-state index contributed by atoms with van der Waals surface area (Å²) >= 11 is 0. The fourth-order valence-electron chi connectivity index (χ4n) is 1.77. The summed E-state index contributed by atoms with van der Waals surface area (Å²) in [6, 6.07) is 0. The lowest BCUT2D eigenvalue weighted by atomic mass is 10.0. The van der Waals surface area contributed by atoms with Crippen molar-refractivity contribution in [2.75, 3.05) is 6.54 Å². The van der Waals surface area contributed by atoms with Gasteiger partial charge in [-0.15, -0.1) is 12.4 Å². The molecule has 2 aliphatic rings. The summed E-state index contributed by atoms with van der Waals surface area (Å²) in [6.07, 6.45) is 2.75. The van der Waals surface area contributed by atoms with Gasteiger partial charge in [-0.25, -0.2) is 8.78 Å². The molecule has 66 valence electrons. The lowest BCUT2D eigenvalue weighted by Gasteiger charge is -2.22. The first-order valence-corrected chi connectivity index (χ1v) is 3.79. The fourth-order valence-corrected chi connectivity index (χ4v) is 1.77. The molecule has 1 aliphatic heterocycles. The average Bonchev–Trinajstić information content (AvgIpc) is 2.36. The quantitative estimate of drug-likeness (QED) is 0.606. The second-order valence-corrected chi connectivity index (χ2v) is 3.35. The maximum atomic E-state index is 12.6. The van der Waals surface area contributed by atoms with Crippen LogP contribution in [-0.4, -0.2) is 18.0 Å². The number of hydrogen-bond donors (Lipinski definition) is 1. The van der Waals surface area contributed by atoms with E-state index >= 15 is 0 Å². The topological polar surface area (TPSA) is 12.0 Å². The molecule has 1 N–H and O–H groups in total. The average molecular weight is 184 g/mol. The second kappa shape index (κ2) is 2.56. The molecular formula is C7H12ClF2N. The van der Waals surface area contributed by atoms with Gasteiger partial charge in [-0.2, -0.15) is 0 Å². The lowest BCUT2D eigenvalue weighted by Crippen LogP contribution is -2.40. The predicted octanol–water partition coefficient (Wildman–Crippen LogP) is 1.96. The van der Waals surface area contributed by atoms with Crippen LogP contribution in [0.4, 0.5) is 8.78 Å². The van der Waals surface area contributed by atoms with Crippen LogP contribution in [0.3, 0.4) is 0 Å². The van der Waals surface area contributed by atoms with Crippen molar-refractivity contribution in [3.05, 3.63) is 0 Å². The van der Waals surface area contributed by atoms with Crippen LogP contribution in [0, 0.1) is 0 Å². The summed E-state index contributed by atoms with van der Waals surface area (Å²) in [4.78, 5) is 0.